The Morgan fingerprint density at radius 3 is 2.53 bits per heavy atom. The van der Waals surface area contributed by atoms with E-state index in [9.17, 15) is 0 Å². The van der Waals surface area contributed by atoms with Gasteiger partial charge in [0, 0.05) is 6.04 Å². The van der Waals surface area contributed by atoms with E-state index in [1.54, 1.807) is 0 Å². The van der Waals surface area contributed by atoms with Crippen LogP contribution in [0.4, 0.5) is 0 Å². The van der Waals surface area contributed by atoms with Crippen LogP contribution in [0.15, 0.2) is 0 Å². The lowest BCUT2D eigenvalue weighted by atomic mass is 9.99. The molecule has 0 bridgehead atoms. The Hall–Kier alpha value is -0.0800. The first-order valence-electron chi connectivity index (χ1n) is 6.65. The fourth-order valence-corrected chi connectivity index (χ4v) is 2.40. The molecule has 0 amide bonds. The summed E-state index contributed by atoms with van der Waals surface area (Å²) >= 11 is 0. The summed E-state index contributed by atoms with van der Waals surface area (Å²) in [5, 5.41) is 3.38. The van der Waals surface area contributed by atoms with Gasteiger partial charge in [-0.15, -0.1) is 0 Å². The summed E-state index contributed by atoms with van der Waals surface area (Å²) in [7, 11) is 2.08. The molecule has 1 aliphatic heterocycles. The van der Waals surface area contributed by atoms with Crippen LogP contribution in [-0.2, 0) is 0 Å². The minimum atomic E-state index is 0.730. The number of piperidine rings is 1. The molecule has 0 radical (unpaired) electrons. The number of hydrogen-bond donors (Lipinski definition) is 1. The monoisotopic (exact) mass is 212 g/mol. The molecule has 0 aromatic carbocycles. The van der Waals surface area contributed by atoms with Gasteiger partial charge in [-0.1, -0.05) is 13.8 Å². The normalized spacial score (nSPS) is 21.8. The number of hydrogen-bond acceptors (Lipinski definition) is 2. The summed E-state index contributed by atoms with van der Waals surface area (Å²) in [5.74, 6) is 0.960. The fraction of sp³-hybridized carbons (Fsp3) is 1.00. The second kappa shape index (κ2) is 7.24. The Kier molecular flexibility index (Phi) is 6.26. The number of likely N-dealkylation sites (tertiary alicyclic amines) is 1. The number of nitrogens with zero attached hydrogens (tertiary/aromatic N) is 1. The van der Waals surface area contributed by atoms with Gasteiger partial charge in [-0.25, -0.2) is 0 Å². The molecule has 1 rings (SSSR count). The summed E-state index contributed by atoms with van der Waals surface area (Å²) in [5.41, 5.74) is 0. The second-order valence-electron chi connectivity index (χ2n) is 5.06. The van der Waals surface area contributed by atoms with Crippen molar-refractivity contribution in [1.29, 1.82) is 0 Å². The third-order valence-electron chi connectivity index (χ3n) is 3.80. The van der Waals surface area contributed by atoms with Crippen LogP contribution in [0, 0.1) is 5.92 Å². The molecule has 15 heavy (non-hydrogen) atoms. The van der Waals surface area contributed by atoms with Gasteiger partial charge in [0.15, 0.2) is 0 Å². The van der Waals surface area contributed by atoms with Gasteiger partial charge in [0.25, 0.3) is 0 Å². The molecule has 1 N–H and O–H groups in total. The third-order valence-corrected chi connectivity index (χ3v) is 3.80. The SMILES string of the molecule is CCC(CCCN1CCC(C)CC1)NC. The Balaban J connectivity index is 2.04. The lowest BCUT2D eigenvalue weighted by Gasteiger charge is -2.30. The van der Waals surface area contributed by atoms with Crippen molar-refractivity contribution in [2.45, 2.75) is 52.0 Å². The highest BCUT2D eigenvalue weighted by atomic mass is 15.1. The average Bonchev–Trinajstić information content (AvgIpc) is 2.27. The molecule has 90 valence electrons. The topological polar surface area (TPSA) is 15.3 Å². The van der Waals surface area contributed by atoms with Gasteiger partial charge in [-0.2, -0.15) is 0 Å². The van der Waals surface area contributed by atoms with Crippen molar-refractivity contribution in [3.8, 4) is 0 Å². The molecule has 2 heteroatoms. The van der Waals surface area contributed by atoms with Crippen LogP contribution in [0.2, 0.25) is 0 Å². The molecule has 1 heterocycles. The van der Waals surface area contributed by atoms with Crippen LogP contribution in [0.1, 0.15) is 46.0 Å². The van der Waals surface area contributed by atoms with Crippen molar-refractivity contribution in [3.63, 3.8) is 0 Å². The van der Waals surface area contributed by atoms with Crippen LogP contribution in [-0.4, -0.2) is 37.6 Å². The zero-order chi connectivity index (χ0) is 11.1. The van der Waals surface area contributed by atoms with Gasteiger partial charge in [0.2, 0.25) is 0 Å². The molecule has 0 spiro atoms. The van der Waals surface area contributed by atoms with E-state index >= 15 is 0 Å². The first-order chi connectivity index (χ1) is 7.26. The molecule has 0 aromatic rings. The molecule has 0 aromatic heterocycles. The maximum Gasteiger partial charge on any atom is 0.00619 e. The predicted molar refractivity (Wildman–Crippen MR) is 67.2 cm³/mol. The molecule has 0 saturated carbocycles. The zero-order valence-electron chi connectivity index (χ0n) is 10.8. The van der Waals surface area contributed by atoms with Crippen LogP contribution >= 0.6 is 0 Å². The van der Waals surface area contributed by atoms with Crippen LogP contribution in [0.5, 0.6) is 0 Å². The molecular formula is C13H28N2. The first kappa shape index (κ1) is 13.0. The van der Waals surface area contributed by atoms with Crippen molar-refractivity contribution in [3.05, 3.63) is 0 Å². The number of rotatable bonds is 6. The minimum absolute atomic E-state index is 0.730. The average molecular weight is 212 g/mol. The molecule has 1 atom stereocenters. The van der Waals surface area contributed by atoms with Crippen LogP contribution in [0.25, 0.3) is 0 Å². The van der Waals surface area contributed by atoms with E-state index < -0.39 is 0 Å². The highest BCUT2D eigenvalue weighted by Crippen LogP contribution is 2.16. The molecule has 1 fully saturated rings. The number of nitrogens with one attached hydrogen (secondary N) is 1. The van der Waals surface area contributed by atoms with E-state index in [-0.39, 0.29) is 0 Å². The molecular weight excluding hydrogens is 184 g/mol. The minimum Gasteiger partial charge on any atom is -0.317 e. The van der Waals surface area contributed by atoms with Crippen molar-refractivity contribution >= 4 is 0 Å². The van der Waals surface area contributed by atoms with E-state index in [1.807, 2.05) is 0 Å². The van der Waals surface area contributed by atoms with E-state index in [4.69, 9.17) is 0 Å². The summed E-state index contributed by atoms with van der Waals surface area (Å²) in [6, 6.07) is 0.730. The molecule has 1 saturated heterocycles. The van der Waals surface area contributed by atoms with Crippen LogP contribution < -0.4 is 5.32 Å². The Labute approximate surface area is 95.4 Å². The van der Waals surface area contributed by atoms with E-state index in [0.717, 1.165) is 12.0 Å². The lowest BCUT2D eigenvalue weighted by Crippen LogP contribution is -2.34. The Morgan fingerprint density at radius 2 is 2.00 bits per heavy atom. The highest BCUT2D eigenvalue weighted by molar-refractivity contribution is 4.70. The van der Waals surface area contributed by atoms with Crippen LogP contribution in [0.3, 0.4) is 0 Å². The Morgan fingerprint density at radius 1 is 1.33 bits per heavy atom. The maximum absolute atomic E-state index is 3.38. The van der Waals surface area contributed by atoms with Gasteiger partial charge < -0.3 is 10.2 Å². The molecule has 1 unspecified atom stereocenters. The van der Waals surface area contributed by atoms with Gasteiger partial charge in [0.1, 0.15) is 0 Å². The third kappa shape index (κ3) is 4.98. The second-order valence-corrected chi connectivity index (χ2v) is 5.06. The predicted octanol–water partition coefficient (Wildman–Crippen LogP) is 2.50. The highest BCUT2D eigenvalue weighted by Gasteiger charge is 2.15. The van der Waals surface area contributed by atoms with E-state index in [0.29, 0.717) is 0 Å². The van der Waals surface area contributed by atoms with Gasteiger partial charge in [0.05, 0.1) is 0 Å². The summed E-state index contributed by atoms with van der Waals surface area (Å²) in [4.78, 5) is 2.64. The summed E-state index contributed by atoms with van der Waals surface area (Å²) in [6.07, 6.45) is 6.76. The van der Waals surface area contributed by atoms with E-state index in [1.165, 1.54) is 51.7 Å². The maximum atomic E-state index is 3.38. The van der Waals surface area contributed by atoms with Crippen molar-refractivity contribution in [1.82, 2.24) is 10.2 Å². The van der Waals surface area contributed by atoms with Gasteiger partial charge >= 0.3 is 0 Å². The molecule has 0 aliphatic carbocycles. The summed E-state index contributed by atoms with van der Waals surface area (Å²) in [6.45, 7) is 8.62. The molecule has 2 nitrogen and oxygen atoms in total. The lowest BCUT2D eigenvalue weighted by molar-refractivity contribution is 0.187. The Bertz CT molecular complexity index is 147. The first-order valence-corrected chi connectivity index (χ1v) is 6.65. The zero-order valence-corrected chi connectivity index (χ0v) is 10.8. The van der Waals surface area contributed by atoms with Crippen molar-refractivity contribution < 1.29 is 0 Å². The summed E-state index contributed by atoms with van der Waals surface area (Å²) < 4.78 is 0. The largest absolute Gasteiger partial charge is 0.317 e. The quantitative estimate of drug-likeness (QED) is 0.728. The van der Waals surface area contributed by atoms with Gasteiger partial charge in [-0.05, 0) is 64.7 Å². The fourth-order valence-electron chi connectivity index (χ4n) is 2.40. The van der Waals surface area contributed by atoms with Gasteiger partial charge in [-0.3, -0.25) is 0 Å². The van der Waals surface area contributed by atoms with Crippen molar-refractivity contribution in [2.24, 2.45) is 5.92 Å². The smallest absolute Gasteiger partial charge is 0.00619 e. The standard InChI is InChI=1S/C13H28N2/c1-4-13(14-3)6-5-9-15-10-7-12(2)8-11-15/h12-14H,4-11H2,1-3H3. The van der Waals surface area contributed by atoms with Crippen molar-refractivity contribution in [2.75, 3.05) is 26.7 Å². The molecule has 1 aliphatic rings. The van der Waals surface area contributed by atoms with E-state index in [2.05, 4.69) is 31.1 Å².